The van der Waals surface area contributed by atoms with Crippen LogP contribution in [0.1, 0.15) is 77.6 Å². The van der Waals surface area contributed by atoms with E-state index < -0.39 is 6.04 Å². The normalized spacial score (nSPS) is 12.0. The molecule has 4 N–H and O–H groups in total. The van der Waals surface area contributed by atoms with Crippen LogP contribution in [0.2, 0.25) is 0 Å². The van der Waals surface area contributed by atoms with E-state index in [0.717, 1.165) is 38.0 Å². The van der Waals surface area contributed by atoms with Gasteiger partial charge in [-0.3, -0.25) is 4.79 Å². The molecule has 1 aromatic rings. The molecule has 0 aromatic heterocycles. The minimum absolute atomic E-state index is 0.0766. The highest BCUT2D eigenvalue weighted by molar-refractivity contribution is 5.81. The van der Waals surface area contributed by atoms with Gasteiger partial charge in [0, 0.05) is 13.1 Å². The summed E-state index contributed by atoms with van der Waals surface area (Å²) in [6, 6.07) is 9.39. The lowest BCUT2D eigenvalue weighted by Crippen LogP contribution is -2.45. The van der Waals surface area contributed by atoms with Crippen molar-refractivity contribution in [2.75, 3.05) is 26.2 Å². The zero-order valence-electron chi connectivity index (χ0n) is 18.5. The Bertz CT molecular complexity index is 510. The quantitative estimate of drug-likeness (QED) is 0.353. The molecule has 1 aromatic carbocycles. The molecule has 1 amide bonds. The number of ether oxygens (including phenoxy) is 1. The van der Waals surface area contributed by atoms with Crippen molar-refractivity contribution in [1.29, 1.82) is 0 Å². The van der Waals surface area contributed by atoms with Crippen LogP contribution < -0.4 is 16.2 Å². The van der Waals surface area contributed by atoms with E-state index in [1.54, 1.807) is 0 Å². The van der Waals surface area contributed by atoms with Gasteiger partial charge in [0.1, 0.15) is 5.75 Å². The molecule has 0 aliphatic heterocycles. The number of para-hydroxylation sites is 1. The van der Waals surface area contributed by atoms with E-state index in [9.17, 15) is 4.79 Å². The topological polar surface area (TPSA) is 81.6 Å². The number of hydrogen-bond acceptors (Lipinski definition) is 4. The third-order valence-corrected chi connectivity index (χ3v) is 5.21. The Morgan fingerprint density at radius 3 is 2.28 bits per heavy atom. The number of amides is 1. The number of rotatable bonds is 18. The summed E-state index contributed by atoms with van der Waals surface area (Å²) in [7, 11) is 0. The molecule has 0 aliphatic carbocycles. The predicted molar refractivity (Wildman–Crippen MR) is 122 cm³/mol. The Labute approximate surface area is 178 Å². The van der Waals surface area contributed by atoms with E-state index in [-0.39, 0.29) is 5.91 Å². The fraction of sp³-hybridized carbons (Fsp3) is 0.708. The molecule has 0 bridgehead atoms. The maximum Gasteiger partial charge on any atom is 0.239 e. The first-order valence-electron chi connectivity index (χ1n) is 11.6. The molecule has 0 fully saturated rings. The van der Waals surface area contributed by atoms with E-state index >= 15 is 0 Å². The molecule has 166 valence electrons. The predicted octanol–water partition coefficient (Wildman–Crippen LogP) is 4.49. The van der Waals surface area contributed by atoms with Crippen molar-refractivity contribution in [3.8, 4) is 5.75 Å². The lowest BCUT2D eigenvalue weighted by atomic mass is 10.1. The van der Waals surface area contributed by atoms with Crippen LogP contribution in [0, 0.1) is 0 Å². The molecular weight excluding hydrogens is 362 g/mol. The van der Waals surface area contributed by atoms with Crippen LogP contribution in [0.15, 0.2) is 30.3 Å². The van der Waals surface area contributed by atoms with Gasteiger partial charge in [0.2, 0.25) is 5.91 Å². The minimum atomic E-state index is -0.416. The molecule has 1 atom stereocenters. The lowest BCUT2D eigenvalue weighted by Gasteiger charge is -2.26. The smallest absolute Gasteiger partial charge is 0.239 e. The molecule has 5 nitrogen and oxygen atoms in total. The first kappa shape index (κ1) is 25.4. The Kier molecular flexibility index (Phi) is 15.2. The molecule has 0 saturated heterocycles. The molecule has 5 heteroatoms. The van der Waals surface area contributed by atoms with Gasteiger partial charge in [-0.2, -0.15) is 0 Å². The van der Waals surface area contributed by atoms with Crippen LogP contribution in [-0.4, -0.2) is 43.1 Å². The molecular formula is C24H43N3O2. The summed E-state index contributed by atoms with van der Waals surface area (Å²) in [6.07, 6.45) is 12.0. The summed E-state index contributed by atoms with van der Waals surface area (Å²) in [4.78, 5) is 14.8. The standard InChI is InChI=1S/C24H43N3O2/c1-2-3-4-5-6-7-13-19-27(24(28)23(26)17-11-12-18-25)20-14-21-29-22-15-9-8-10-16-22/h8-10,15-16,23H,2-7,11-14,17-21,25-26H2,1H3/t23-/m0/s1. The summed E-state index contributed by atoms with van der Waals surface area (Å²) in [5, 5.41) is 0. The first-order chi connectivity index (χ1) is 14.2. The van der Waals surface area contributed by atoms with Gasteiger partial charge >= 0.3 is 0 Å². The van der Waals surface area contributed by atoms with Gasteiger partial charge in [-0.05, 0) is 44.4 Å². The van der Waals surface area contributed by atoms with Crippen molar-refractivity contribution in [3.05, 3.63) is 30.3 Å². The number of nitrogens with zero attached hydrogens (tertiary/aromatic N) is 1. The monoisotopic (exact) mass is 405 g/mol. The molecule has 1 rings (SSSR count). The van der Waals surface area contributed by atoms with Crippen molar-refractivity contribution in [2.45, 2.75) is 83.6 Å². The van der Waals surface area contributed by atoms with E-state index in [4.69, 9.17) is 16.2 Å². The number of unbranched alkanes of at least 4 members (excludes halogenated alkanes) is 7. The first-order valence-corrected chi connectivity index (χ1v) is 11.6. The van der Waals surface area contributed by atoms with Crippen LogP contribution in [0.5, 0.6) is 5.75 Å². The maximum absolute atomic E-state index is 12.8. The van der Waals surface area contributed by atoms with Gasteiger partial charge in [0.15, 0.2) is 0 Å². The fourth-order valence-electron chi connectivity index (χ4n) is 3.42. The minimum Gasteiger partial charge on any atom is -0.494 e. The Morgan fingerprint density at radius 1 is 0.931 bits per heavy atom. The van der Waals surface area contributed by atoms with Crippen LogP contribution in [0.4, 0.5) is 0 Å². The van der Waals surface area contributed by atoms with Crippen LogP contribution in [0.25, 0.3) is 0 Å². The second-order valence-electron chi connectivity index (χ2n) is 7.85. The average molecular weight is 406 g/mol. The second kappa shape index (κ2) is 17.3. The highest BCUT2D eigenvalue weighted by Crippen LogP contribution is 2.11. The molecule has 0 unspecified atom stereocenters. The van der Waals surface area contributed by atoms with Crippen molar-refractivity contribution in [2.24, 2.45) is 11.5 Å². The van der Waals surface area contributed by atoms with Crippen LogP contribution >= 0.6 is 0 Å². The van der Waals surface area contributed by atoms with Crippen molar-refractivity contribution >= 4 is 5.91 Å². The summed E-state index contributed by atoms with van der Waals surface area (Å²) >= 11 is 0. The molecule has 0 saturated carbocycles. The van der Waals surface area contributed by atoms with Crippen molar-refractivity contribution < 1.29 is 9.53 Å². The van der Waals surface area contributed by atoms with E-state index in [1.807, 2.05) is 35.2 Å². The van der Waals surface area contributed by atoms with Crippen LogP contribution in [0.3, 0.4) is 0 Å². The number of nitrogens with two attached hydrogens (primary N) is 2. The number of hydrogen-bond donors (Lipinski definition) is 2. The zero-order chi connectivity index (χ0) is 21.2. The third-order valence-electron chi connectivity index (χ3n) is 5.21. The zero-order valence-corrected chi connectivity index (χ0v) is 18.5. The van der Waals surface area contributed by atoms with E-state index in [2.05, 4.69) is 6.92 Å². The molecule has 0 aliphatic rings. The van der Waals surface area contributed by atoms with Crippen molar-refractivity contribution in [3.63, 3.8) is 0 Å². The summed E-state index contributed by atoms with van der Waals surface area (Å²) in [6.45, 7) is 4.99. The van der Waals surface area contributed by atoms with E-state index in [1.165, 1.54) is 38.5 Å². The SMILES string of the molecule is CCCCCCCCCN(CCCOc1ccccc1)C(=O)[C@@H](N)CCCCN. The highest BCUT2D eigenvalue weighted by Gasteiger charge is 2.20. The maximum atomic E-state index is 12.8. The Balaban J connectivity index is 2.38. The number of carbonyl (C=O) groups is 1. The Morgan fingerprint density at radius 2 is 1.59 bits per heavy atom. The lowest BCUT2D eigenvalue weighted by molar-refractivity contribution is -0.133. The van der Waals surface area contributed by atoms with Gasteiger partial charge < -0.3 is 21.1 Å². The number of carbonyl (C=O) groups excluding carboxylic acids is 1. The van der Waals surface area contributed by atoms with Crippen LogP contribution in [-0.2, 0) is 4.79 Å². The highest BCUT2D eigenvalue weighted by atomic mass is 16.5. The molecule has 0 spiro atoms. The number of benzene rings is 1. The molecule has 0 heterocycles. The van der Waals surface area contributed by atoms with Gasteiger partial charge in [-0.15, -0.1) is 0 Å². The second-order valence-corrected chi connectivity index (χ2v) is 7.85. The largest absolute Gasteiger partial charge is 0.494 e. The Hall–Kier alpha value is -1.59. The molecule has 0 radical (unpaired) electrons. The fourth-order valence-corrected chi connectivity index (χ4v) is 3.42. The van der Waals surface area contributed by atoms with Gasteiger partial charge in [-0.1, -0.05) is 70.1 Å². The third kappa shape index (κ3) is 12.6. The van der Waals surface area contributed by atoms with Gasteiger partial charge in [-0.25, -0.2) is 0 Å². The van der Waals surface area contributed by atoms with E-state index in [0.29, 0.717) is 26.1 Å². The van der Waals surface area contributed by atoms with Crippen molar-refractivity contribution in [1.82, 2.24) is 4.90 Å². The average Bonchev–Trinajstić information content (AvgIpc) is 2.74. The summed E-state index contributed by atoms with van der Waals surface area (Å²) < 4.78 is 5.77. The van der Waals surface area contributed by atoms with Gasteiger partial charge in [0.05, 0.1) is 12.6 Å². The van der Waals surface area contributed by atoms with Gasteiger partial charge in [0.25, 0.3) is 0 Å². The summed E-state index contributed by atoms with van der Waals surface area (Å²) in [5.41, 5.74) is 11.7. The summed E-state index contributed by atoms with van der Waals surface area (Å²) in [5.74, 6) is 0.948. The molecule has 29 heavy (non-hydrogen) atoms.